The van der Waals surface area contributed by atoms with Gasteiger partial charge in [0.05, 0.1) is 0 Å². The first-order chi connectivity index (χ1) is 10.6. The second-order valence-electron chi connectivity index (χ2n) is 5.17. The third-order valence-electron chi connectivity index (χ3n) is 3.46. The molecule has 1 aliphatic heterocycles. The number of H-pyrrole nitrogens is 1. The molecule has 2 amide bonds. The molecule has 2 aromatic rings. The first kappa shape index (κ1) is 14.3. The van der Waals surface area contributed by atoms with Crippen molar-refractivity contribution in [3.05, 3.63) is 41.2 Å². The highest BCUT2D eigenvalue weighted by atomic mass is 16.2. The van der Waals surface area contributed by atoms with Crippen molar-refractivity contribution in [2.45, 2.75) is 19.9 Å². The summed E-state index contributed by atoms with van der Waals surface area (Å²) >= 11 is 0. The van der Waals surface area contributed by atoms with Gasteiger partial charge in [0.25, 0.3) is 5.91 Å². The number of benzene rings is 1. The molecule has 1 aliphatic rings. The lowest BCUT2D eigenvalue weighted by Crippen LogP contribution is -2.25. The van der Waals surface area contributed by atoms with Crippen LogP contribution in [0.2, 0.25) is 0 Å². The largest absolute Gasteiger partial charge is 0.326 e. The molecule has 3 rings (SSSR count). The van der Waals surface area contributed by atoms with Crippen LogP contribution in [0.5, 0.6) is 0 Å². The molecule has 0 unspecified atom stereocenters. The van der Waals surface area contributed by atoms with Gasteiger partial charge in [-0.05, 0) is 18.2 Å². The van der Waals surface area contributed by atoms with E-state index >= 15 is 0 Å². The Morgan fingerprint density at radius 3 is 2.77 bits per heavy atom. The van der Waals surface area contributed by atoms with Gasteiger partial charge >= 0.3 is 0 Å². The number of rotatable bonds is 3. The summed E-state index contributed by atoms with van der Waals surface area (Å²) in [7, 11) is 0. The van der Waals surface area contributed by atoms with E-state index in [0.717, 1.165) is 24.2 Å². The summed E-state index contributed by atoms with van der Waals surface area (Å²) in [5.74, 6) is -0.419. The van der Waals surface area contributed by atoms with E-state index in [1.807, 2.05) is 0 Å². The van der Waals surface area contributed by atoms with Crippen LogP contribution in [0.15, 0.2) is 24.3 Å². The number of nitrogens with one attached hydrogen (secondary N) is 4. The first-order valence-corrected chi connectivity index (χ1v) is 7.09. The molecule has 1 aromatic carbocycles. The number of nitrogens with zero attached hydrogens (tertiary/aromatic N) is 1. The number of aromatic amines is 1. The van der Waals surface area contributed by atoms with E-state index in [4.69, 9.17) is 0 Å². The quantitative estimate of drug-likeness (QED) is 0.686. The van der Waals surface area contributed by atoms with Crippen molar-refractivity contribution < 1.29 is 9.59 Å². The van der Waals surface area contributed by atoms with Gasteiger partial charge in [0, 0.05) is 49.1 Å². The zero-order valence-corrected chi connectivity index (χ0v) is 12.2. The zero-order chi connectivity index (χ0) is 15.5. The van der Waals surface area contributed by atoms with Gasteiger partial charge in [-0.25, -0.2) is 0 Å². The maximum atomic E-state index is 12.4. The van der Waals surface area contributed by atoms with Crippen molar-refractivity contribution in [1.82, 2.24) is 15.5 Å². The molecule has 0 fully saturated rings. The summed E-state index contributed by atoms with van der Waals surface area (Å²) in [6, 6.07) is 7.00. The summed E-state index contributed by atoms with van der Waals surface area (Å²) in [5.41, 5.74) is 3.58. The highest BCUT2D eigenvalue weighted by Crippen LogP contribution is 2.19. The number of carbonyl (C=O) groups excluding carboxylic acids is 2. The minimum absolute atomic E-state index is 0.157. The molecule has 0 radical (unpaired) electrons. The minimum atomic E-state index is -0.263. The average Bonchev–Trinajstić information content (AvgIpc) is 2.91. The van der Waals surface area contributed by atoms with Crippen LogP contribution in [0, 0.1) is 0 Å². The van der Waals surface area contributed by atoms with Crippen molar-refractivity contribution in [2.75, 3.05) is 17.2 Å². The van der Waals surface area contributed by atoms with Crippen molar-refractivity contribution in [3.8, 4) is 0 Å². The molecule has 0 spiro atoms. The lowest BCUT2D eigenvalue weighted by molar-refractivity contribution is -0.114. The smallest absolute Gasteiger partial charge is 0.276 e. The predicted molar refractivity (Wildman–Crippen MR) is 82.7 cm³/mol. The molecule has 7 heteroatoms. The van der Waals surface area contributed by atoms with Gasteiger partial charge in [-0.2, -0.15) is 5.10 Å². The molecule has 0 aliphatic carbocycles. The first-order valence-electron chi connectivity index (χ1n) is 7.09. The number of hydrogen-bond acceptors (Lipinski definition) is 4. The van der Waals surface area contributed by atoms with Gasteiger partial charge in [0.2, 0.25) is 5.91 Å². The van der Waals surface area contributed by atoms with Gasteiger partial charge in [-0.15, -0.1) is 0 Å². The van der Waals surface area contributed by atoms with Crippen LogP contribution in [0.3, 0.4) is 0 Å². The Morgan fingerprint density at radius 1 is 1.23 bits per heavy atom. The summed E-state index contributed by atoms with van der Waals surface area (Å²) in [6.45, 7) is 2.96. The van der Waals surface area contributed by atoms with Gasteiger partial charge in [-0.3, -0.25) is 14.7 Å². The van der Waals surface area contributed by atoms with Crippen LogP contribution >= 0.6 is 0 Å². The third-order valence-corrected chi connectivity index (χ3v) is 3.46. The fraction of sp³-hybridized carbons (Fsp3) is 0.267. The van der Waals surface area contributed by atoms with E-state index in [0.29, 0.717) is 23.6 Å². The lowest BCUT2D eigenvalue weighted by Gasteiger charge is -2.13. The van der Waals surface area contributed by atoms with E-state index in [1.54, 1.807) is 24.3 Å². The van der Waals surface area contributed by atoms with Crippen LogP contribution in [0.1, 0.15) is 28.7 Å². The van der Waals surface area contributed by atoms with Crippen LogP contribution in [0.4, 0.5) is 11.4 Å². The Labute approximate surface area is 127 Å². The van der Waals surface area contributed by atoms with Crippen LogP contribution < -0.4 is 16.0 Å². The summed E-state index contributed by atoms with van der Waals surface area (Å²) in [5, 5.41) is 15.8. The number of fused-ring (bicyclic) bond motifs is 1. The molecule has 0 saturated carbocycles. The number of amides is 2. The van der Waals surface area contributed by atoms with Gasteiger partial charge in [0.15, 0.2) is 5.69 Å². The van der Waals surface area contributed by atoms with Crippen LogP contribution in [0.25, 0.3) is 0 Å². The van der Waals surface area contributed by atoms with Crippen molar-refractivity contribution >= 4 is 23.2 Å². The number of aromatic nitrogens is 2. The topological polar surface area (TPSA) is 98.9 Å². The van der Waals surface area contributed by atoms with E-state index in [9.17, 15) is 9.59 Å². The van der Waals surface area contributed by atoms with Crippen LogP contribution in [-0.2, 0) is 17.8 Å². The monoisotopic (exact) mass is 299 g/mol. The number of carbonyl (C=O) groups is 2. The Balaban J connectivity index is 1.77. The van der Waals surface area contributed by atoms with Gasteiger partial charge in [0.1, 0.15) is 0 Å². The van der Waals surface area contributed by atoms with Gasteiger partial charge in [-0.1, -0.05) is 6.07 Å². The Hall–Kier alpha value is -2.67. The minimum Gasteiger partial charge on any atom is -0.326 e. The second-order valence-corrected chi connectivity index (χ2v) is 5.17. The Bertz CT molecular complexity index is 722. The lowest BCUT2D eigenvalue weighted by atomic mass is 10.1. The highest BCUT2D eigenvalue weighted by Gasteiger charge is 2.21. The Kier molecular flexibility index (Phi) is 3.88. The molecule has 1 aromatic heterocycles. The van der Waals surface area contributed by atoms with E-state index in [-0.39, 0.29) is 11.8 Å². The molecule has 0 bridgehead atoms. The van der Waals surface area contributed by atoms with E-state index < -0.39 is 0 Å². The molecule has 0 saturated heterocycles. The molecule has 114 valence electrons. The standard InChI is InChI=1S/C15H17N5O2/c1-9(21)17-10-3-2-4-11(7-10)18-15(22)14-12-8-16-6-5-13(12)19-20-14/h2-4,7,16H,5-6,8H2,1H3,(H,17,21)(H,18,22)(H,19,20). The number of hydrogen-bond donors (Lipinski definition) is 4. The summed E-state index contributed by atoms with van der Waals surface area (Å²) in [6.07, 6.45) is 0.841. The fourth-order valence-corrected chi connectivity index (χ4v) is 2.48. The van der Waals surface area contributed by atoms with Crippen LogP contribution in [-0.4, -0.2) is 28.6 Å². The predicted octanol–water partition coefficient (Wildman–Crippen LogP) is 1.27. The highest BCUT2D eigenvalue weighted by molar-refractivity contribution is 6.04. The summed E-state index contributed by atoms with van der Waals surface area (Å²) in [4.78, 5) is 23.4. The maximum absolute atomic E-state index is 12.4. The van der Waals surface area contributed by atoms with Gasteiger partial charge < -0.3 is 16.0 Å². The zero-order valence-electron chi connectivity index (χ0n) is 12.2. The summed E-state index contributed by atoms with van der Waals surface area (Å²) < 4.78 is 0. The molecule has 22 heavy (non-hydrogen) atoms. The molecule has 4 N–H and O–H groups in total. The average molecular weight is 299 g/mol. The second kappa shape index (κ2) is 5.98. The molecule has 2 heterocycles. The van der Waals surface area contributed by atoms with Crippen molar-refractivity contribution in [2.24, 2.45) is 0 Å². The molecule has 7 nitrogen and oxygen atoms in total. The normalized spacial score (nSPS) is 13.3. The maximum Gasteiger partial charge on any atom is 0.276 e. The molecular formula is C15H17N5O2. The fourth-order valence-electron chi connectivity index (χ4n) is 2.48. The molecular weight excluding hydrogens is 282 g/mol. The van der Waals surface area contributed by atoms with Crippen molar-refractivity contribution in [1.29, 1.82) is 0 Å². The third kappa shape index (κ3) is 2.99. The van der Waals surface area contributed by atoms with E-state index in [2.05, 4.69) is 26.1 Å². The Morgan fingerprint density at radius 2 is 2.00 bits per heavy atom. The van der Waals surface area contributed by atoms with Crippen molar-refractivity contribution in [3.63, 3.8) is 0 Å². The SMILES string of the molecule is CC(=O)Nc1cccc(NC(=O)c2n[nH]c3c2CNCC3)c1. The number of anilines is 2. The van der Waals surface area contributed by atoms with E-state index in [1.165, 1.54) is 6.92 Å². The molecule has 0 atom stereocenters.